The Morgan fingerprint density at radius 1 is 1.25 bits per heavy atom. The van der Waals surface area contributed by atoms with E-state index in [1.54, 1.807) is 0 Å². The van der Waals surface area contributed by atoms with Crippen LogP contribution >= 0.6 is 0 Å². The fourth-order valence-corrected chi connectivity index (χ4v) is 1.34. The predicted molar refractivity (Wildman–Crippen MR) is 50.1 cm³/mol. The smallest absolute Gasteiger partial charge is 0.0521 e. The molecule has 0 spiro atoms. The Balaban J connectivity index is 3.95. The molecule has 74 valence electrons. The van der Waals surface area contributed by atoms with Crippen LogP contribution in [-0.2, 0) is 0 Å². The van der Waals surface area contributed by atoms with E-state index in [-0.39, 0.29) is 18.6 Å². The topological polar surface area (TPSA) is 52.5 Å². The fraction of sp³-hybridized carbons (Fsp3) is 1.00. The predicted octanol–water partition coefficient (Wildman–Crippen LogP) is 0.367. The second-order valence-electron chi connectivity index (χ2n) is 3.45. The van der Waals surface area contributed by atoms with Crippen molar-refractivity contribution in [1.29, 1.82) is 0 Å². The van der Waals surface area contributed by atoms with Crippen LogP contribution in [0.25, 0.3) is 0 Å². The lowest BCUT2D eigenvalue weighted by molar-refractivity contribution is 0.0468. The van der Waals surface area contributed by atoms with E-state index in [2.05, 4.69) is 12.2 Å². The average Bonchev–Trinajstić information content (AvgIpc) is 2.13. The summed E-state index contributed by atoms with van der Waals surface area (Å²) in [6, 6.07) is 0. The summed E-state index contributed by atoms with van der Waals surface area (Å²) in [6.07, 6.45) is 3.05. The van der Waals surface area contributed by atoms with Crippen LogP contribution in [-0.4, -0.2) is 37.0 Å². The molecule has 0 saturated carbocycles. The van der Waals surface area contributed by atoms with Gasteiger partial charge in [0.2, 0.25) is 0 Å². The van der Waals surface area contributed by atoms with Crippen LogP contribution in [0.5, 0.6) is 0 Å². The Hall–Kier alpha value is -0.120. The molecule has 0 radical (unpaired) electrons. The summed E-state index contributed by atoms with van der Waals surface area (Å²) in [7, 11) is 1.84. The molecule has 0 aromatic carbocycles. The largest absolute Gasteiger partial charge is 0.396 e. The number of aliphatic hydroxyl groups excluding tert-OH is 2. The quantitative estimate of drug-likeness (QED) is 0.524. The zero-order valence-electron chi connectivity index (χ0n) is 8.14. The van der Waals surface area contributed by atoms with Crippen molar-refractivity contribution >= 4 is 0 Å². The van der Waals surface area contributed by atoms with Crippen molar-refractivity contribution in [2.75, 3.05) is 26.8 Å². The molecule has 3 N–H and O–H groups in total. The molecule has 0 atom stereocenters. The zero-order valence-corrected chi connectivity index (χ0v) is 8.14. The molecule has 12 heavy (non-hydrogen) atoms. The van der Waals surface area contributed by atoms with E-state index in [0.29, 0.717) is 6.54 Å². The van der Waals surface area contributed by atoms with Crippen molar-refractivity contribution < 1.29 is 10.2 Å². The molecule has 0 aromatic heterocycles. The minimum Gasteiger partial charge on any atom is -0.396 e. The number of hydrogen-bond donors (Lipinski definition) is 3. The van der Waals surface area contributed by atoms with Crippen LogP contribution in [0.4, 0.5) is 0 Å². The molecule has 0 fully saturated rings. The first-order valence-corrected chi connectivity index (χ1v) is 4.61. The fourth-order valence-electron chi connectivity index (χ4n) is 1.34. The number of hydrogen-bond acceptors (Lipinski definition) is 3. The van der Waals surface area contributed by atoms with E-state index >= 15 is 0 Å². The summed E-state index contributed by atoms with van der Waals surface area (Å²) >= 11 is 0. The van der Waals surface area contributed by atoms with Crippen molar-refractivity contribution in [3.05, 3.63) is 0 Å². The second-order valence-corrected chi connectivity index (χ2v) is 3.45. The van der Waals surface area contributed by atoms with Gasteiger partial charge in [-0.1, -0.05) is 19.8 Å². The van der Waals surface area contributed by atoms with Gasteiger partial charge in [-0.15, -0.1) is 0 Å². The lowest BCUT2D eigenvalue weighted by Crippen LogP contribution is -2.39. The maximum Gasteiger partial charge on any atom is 0.0521 e. The highest BCUT2D eigenvalue weighted by atomic mass is 16.3. The Kier molecular flexibility index (Phi) is 6.34. The van der Waals surface area contributed by atoms with Gasteiger partial charge in [-0.2, -0.15) is 0 Å². The van der Waals surface area contributed by atoms with Crippen molar-refractivity contribution in [3.8, 4) is 0 Å². The van der Waals surface area contributed by atoms with E-state index in [0.717, 1.165) is 19.3 Å². The Labute approximate surface area is 74.8 Å². The molecular weight excluding hydrogens is 154 g/mol. The Morgan fingerprint density at radius 3 is 2.17 bits per heavy atom. The molecule has 0 rings (SSSR count). The van der Waals surface area contributed by atoms with Gasteiger partial charge in [0.25, 0.3) is 0 Å². The highest BCUT2D eigenvalue weighted by molar-refractivity contribution is 4.79. The standard InChI is InChI=1S/C9H21NO2/c1-3-4-5-9(7-11,8-12)6-10-2/h10-12H,3-8H2,1-2H3. The van der Waals surface area contributed by atoms with Crippen LogP contribution in [0, 0.1) is 5.41 Å². The molecular formula is C9H21NO2. The molecule has 0 aromatic rings. The summed E-state index contributed by atoms with van der Waals surface area (Å²) < 4.78 is 0. The molecule has 0 saturated heterocycles. The Morgan fingerprint density at radius 2 is 1.83 bits per heavy atom. The first kappa shape index (κ1) is 11.9. The van der Waals surface area contributed by atoms with Gasteiger partial charge >= 0.3 is 0 Å². The molecule has 0 aliphatic carbocycles. The minimum absolute atomic E-state index is 0.0599. The van der Waals surface area contributed by atoms with Crippen LogP contribution in [0.2, 0.25) is 0 Å². The third-order valence-corrected chi connectivity index (χ3v) is 2.28. The summed E-state index contributed by atoms with van der Waals surface area (Å²) in [6.45, 7) is 2.91. The number of nitrogens with one attached hydrogen (secondary N) is 1. The zero-order chi connectivity index (χ0) is 9.45. The Bertz CT molecular complexity index is 103. The van der Waals surface area contributed by atoms with Gasteiger partial charge in [-0.3, -0.25) is 0 Å². The molecule has 0 aliphatic heterocycles. The maximum atomic E-state index is 9.13. The number of rotatable bonds is 7. The number of unbranched alkanes of at least 4 members (excludes halogenated alkanes) is 1. The molecule has 3 heteroatoms. The monoisotopic (exact) mass is 175 g/mol. The van der Waals surface area contributed by atoms with Gasteiger partial charge in [0, 0.05) is 12.0 Å². The summed E-state index contributed by atoms with van der Waals surface area (Å²) in [5.74, 6) is 0. The second kappa shape index (κ2) is 6.40. The molecule has 0 unspecified atom stereocenters. The van der Waals surface area contributed by atoms with Crippen LogP contribution in [0.1, 0.15) is 26.2 Å². The lowest BCUT2D eigenvalue weighted by atomic mass is 9.84. The van der Waals surface area contributed by atoms with Crippen LogP contribution in [0.3, 0.4) is 0 Å². The molecule has 3 nitrogen and oxygen atoms in total. The molecule has 0 aliphatic rings. The van der Waals surface area contributed by atoms with E-state index in [1.165, 1.54) is 0 Å². The summed E-state index contributed by atoms with van der Waals surface area (Å²) in [5, 5.41) is 21.3. The highest BCUT2D eigenvalue weighted by Gasteiger charge is 2.26. The third kappa shape index (κ3) is 3.52. The first-order chi connectivity index (χ1) is 5.74. The van der Waals surface area contributed by atoms with Gasteiger partial charge in [0.05, 0.1) is 13.2 Å². The number of aliphatic hydroxyl groups is 2. The van der Waals surface area contributed by atoms with E-state index in [9.17, 15) is 0 Å². The molecule has 0 amide bonds. The normalized spacial score (nSPS) is 12.0. The van der Waals surface area contributed by atoms with Crippen molar-refractivity contribution in [2.45, 2.75) is 26.2 Å². The minimum atomic E-state index is -0.315. The van der Waals surface area contributed by atoms with Gasteiger partial charge in [0.15, 0.2) is 0 Å². The third-order valence-electron chi connectivity index (χ3n) is 2.28. The SMILES string of the molecule is CCCCC(CO)(CO)CNC. The van der Waals surface area contributed by atoms with Gasteiger partial charge in [-0.25, -0.2) is 0 Å². The van der Waals surface area contributed by atoms with Crippen LogP contribution in [0.15, 0.2) is 0 Å². The summed E-state index contributed by atoms with van der Waals surface area (Å²) in [5.41, 5.74) is -0.315. The molecule has 0 bridgehead atoms. The van der Waals surface area contributed by atoms with Crippen LogP contribution < -0.4 is 5.32 Å². The average molecular weight is 175 g/mol. The van der Waals surface area contributed by atoms with Crippen molar-refractivity contribution in [2.24, 2.45) is 5.41 Å². The van der Waals surface area contributed by atoms with Gasteiger partial charge in [-0.05, 0) is 13.5 Å². The molecule has 0 heterocycles. The highest BCUT2D eigenvalue weighted by Crippen LogP contribution is 2.22. The van der Waals surface area contributed by atoms with E-state index in [4.69, 9.17) is 10.2 Å². The van der Waals surface area contributed by atoms with E-state index in [1.807, 2.05) is 7.05 Å². The van der Waals surface area contributed by atoms with Crippen molar-refractivity contribution in [3.63, 3.8) is 0 Å². The van der Waals surface area contributed by atoms with E-state index < -0.39 is 0 Å². The maximum absolute atomic E-state index is 9.13. The summed E-state index contributed by atoms with van der Waals surface area (Å²) in [4.78, 5) is 0. The van der Waals surface area contributed by atoms with Gasteiger partial charge < -0.3 is 15.5 Å². The van der Waals surface area contributed by atoms with Gasteiger partial charge in [0.1, 0.15) is 0 Å². The van der Waals surface area contributed by atoms with Crippen molar-refractivity contribution in [1.82, 2.24) is 5.32 Å². The first-order valence-electron chi connectivity index (χ1n) is 4.61. The lowest BCUT2D eigenvalue weighted by Gasteiger charge is -2.29.